The second-order valence-electron chi connectivity index (χ2n) is 2.70. The van der Waals surface area contributed by atoms with Crippen molar-refractivity contribution in [2.45, 2.75) is 6.54 Å². The van der Waals surface area contributed by atoms with Crippen LogP contribution in [0.15, 0.2) is 37.2 Å². The van der Waals surface area contributed by atoms with Gasteiger partial charge in [0.2, 0.25) is 0 Å². The first kappa shape index (κ1) is 8.26. The lowest BCUT2D eigenvalue weighted by Crippen LogP contribution is -1.97. The van der Waals surface area contributed by atoms with Crippen LogP contribution < -0.4 is 0 Å². The summed E-state index contributed by atoms with van der Waals surface area (Å²) in [6.07, 6.45) is 8.79. The molecule has 0 bridgehead atoms. The van der Waals surface area contributed by atoms with Gasteiger partial charge < -0.3 is 4.57 Å². The van der Waals surface area contributed by atoms with Gasteiger partial charge in [-0.1, -0.05) is 11.6 Å². The minimum atomic E-state index is 0.691. The Balaban J connectivity index is 2.24. The monoisotopic (exact) mass is 193 g/mol. The van der Waals surface area contributed by atoms with Gasteiger partial charge in [-0.2, -0.15) is 0 Å². The molecule has 13 heavy (non-hydrogen) atoms. The Morgan fingerprint density at radius 3 is 2.92 bits per heavy atom. The summed E-state index contributed by atoms with van der Waals surface area (Å²) in [5.74, 6) is 0. The number of nitrogens with zero attached hydrogens (tertiary/aromatic N) is 3. The van der Waals surface area contributed by atoms with Crippen LogP contribution in [0.4, 0.5) is 0 Å². The minimum absolute atomic E-state index is 0.691. The van der Waals surface area contributed by atoms with Gasteiger partial charge in [-0.05, 0) is 11.6 Å². The van der Waals surface area contributed by atoms with Crippen molar-refractivity contribution < 1.29 is 0 Å². The fourth-order valence-electron chi connectivity index (χ4n) is 1.11. The molecule has 3 nitrogen and oxygen atoms in total. The summed E-state index contributed by atoms with van der Waals surface area (Å²) >= 11 is 5.94. The predicted molar refractivity (Wildman–Crippen MR) is 50.6 cm³/mol. The molecule has 0 spiro atoms. The molecule has 0 aliphatic rings. The van der Waals surface area contributed by atoms with Crippen LogP contribution in [-0.2, 0) is 6.54 Å². The van der Waals surface area contributed by atoms with Gasteiger partial charge in [0.15, 0.2) is 0 Å². The first-order chi connectivity index (χ1) is 6.36. The molecule has 0 fully saturated rings. The topological polar surface area (TPSA) is 30.7 Å². The highest BCUT2D eigenvalue weighted by Crippen LogP contribution is 2.14. The van der Waals surface area contributed by atoms with E-state index in [9.17, 15) is 0 Å². The molecule has 0 radical (unpaired) electrons. The van der Waals surface area contributed by atoms with Gasteiger partial charge in [0.1, 0.15) is 0 Å². The van der Waals surface area contributed by atoms with Crippen molar-refractivity contribution in [3.8, 4) is 0 Å². The van der Waals surface area contributed by atoms with Gasteiger partial charge >= 0.3 is 0 Å². The summed E-state index contributed by atoms with van der Waals surface area (Å²) in [7, 11) is 0. The second kappa shape index (κ2) is 3.58. The highest BCUT2D eigenvalue weighted by atomic mass is 35.5. The summed E-state index contributed by atoms with van der Waals surface area (Å²) < 4.78 is 1.96. The fraction of sp³-hybridized carbons (Fsp3) is 0.111. The molecule has 2 aromatic rings. The first-order valence-corrected chi connectivity index (χ1v) is 4.28. The molecule has 66 valence electrons. The van der Waals surface area contributed by atoms with Crippen LogP contribution in [0.5, 0.6) is 0 Å². The lowest BCUT2D eigenvalue weighted by molar-refractivity contribution is 0.796. The largest absolute Gasteiger partial charge is 0.333 e. The van der Waals surface area contributed by atoms with Crippen molar-refractivity contribution in [2.75, 3.05) is 0 Å². The number of pyridine rings is 1. The van der Waals surface area contributed by atoms with Crippen LogP contribution in [-0.4, -0.2) is 14.5 Å². The third-order valence-electron chi connectivity index (χ3n) is 1.77. The molecule has 0 aliphatic heterocycles. The van der Waals surface area contributed by atoms with E-state index in [1.54, 1.807) is 24.9 Å². The average Bonchev–Trinajstić information content (AvgIpc) is 2.61. The van der Waals surface area contributed by atoms with Crippen LogP contribution in [0, 0.1) is 0 Å². The third kappa shape index (κ3) is 1.87. The zero-order chi connectivity index (χ0) is 9.10. The van der Waals surface area contributed by atoms with E-state index in [1.165, 1.54) is 0 Å². The number of hydrogen-bond donors (Lipinski definition) is 0. The summed E-state index contributed by atoms with van der Waals surface area (Å²) in [6, 6.07) is 1.91. The lowest BCUT2D eigenvalue weighted by atomic mass is 10.3. The van der Waals surface area contributed by atoms with Crippen molar-refractivity contribution in [1.82, 2.24) is 14.5 Å². The van der Waals surface area contributed by atoms with E-state index in [0.717, 1.165) is 12.1 Å². The third-order valence-corrected chi connectivity index (χ3v) is 2.11. The molecule has 0 saturated carbocycles. The molecule has 0 aliphatic carbocycles. The van der Waals surface area contributed by atoms with Crippen LogP contribution in [0.3, 0.4) is 0 Å². The highest BCUT2D eigenvalue weighted by molar-refractivity contribution is 6.31. The van der Waals surface area contributed by atoms with Gasteiger partial charge in [-0.15, -0.1) is 0 Å². The van der Waals surface area contributed by atoms with Crippen LogP contribution in [0.25, 0.3) is 0 Å². The van der Waals surface area contributed by atoms with Gasteiger partial charge in [0.25, 0.3) is 0 Å². The van der Waals surface area contributed by atoms with Crippen molar-refractivity contribution in [3.63, 3.8) is 0 Å². The molecule has 0 saturated heterocycles. The highest BCUT2D eigenvalue weighted by Gasteiger charge is 1.99. The summed E-state index contributed by atoms with van der Waals surface area (Å²) in [6.45, 7) is 0.737. The Hall–Kier alpha value is -1.35. The van der Waals surface area contributed by atoms with Crippen LogP contribution in [0.1, 0.15) is 5.56 Å². The van der Waals surface area contributed by atoms with E-state index >= 15 is 0 Å². The Labute approximate surface area is 81.0 Å². The number of aromatic nitrogens is 3. The van der Waals surface area contributed by atoms with Crippen LogP contribution in [0.2, 0.25) is 5.02 Å². The molecule has 4 heteroatoms. The Kier molecular flexibility index (Phi) is 2.27. The standard InChI is InChI=1S/C9H8ClN3/c10-9-5-11-2-1-8(9)6-13-4-3-12-7-13/h1-5,7H,6H2. The molecule has 0 amide bonds. The number of imidazole rings is 1. The van der Waals surface area contributed by atoms with E-state index in [0.29, 0.717) is 5.02 Å². The Morgan fingerprint density at radius 2 is 2.23 bits per heavy atom. The van der Waals surface area contributed by atoms with Crippen molar-refractivity contribution in [2.24, 2.45) is 0 Å². The molecule has 2 heterocycles. The smallest absolute Gasteiger partial charge is 0.0949 e. The normalized spacial score (nSPS) is 10.2. The van der Waals surface area contributed by atoms with Gasteiger partial charge in [-0.3, -0.25) is 4.98 Å². The summed E-state index contributed by atoms with van der Waals surface area (Å²) in [5.41, 5.74) is 1.05. The van der Waals surface area contributed by atoms with E-state index in [4.69, 9.17) is 11.6 Å². The van der Waals surface area contributed by atoms with E-state index in [-0.39, 0.29) is 0 Å². The molecular weight excluding hydrogens is 186 g/mol. The maximum absolute atomic E-state index is 5.94. The molecule has 2 rings (SSSR count). The average molecular weight is 194 g/mol. The molecule has 0 N–H and O–H groups in total. The minimum Gasteiger partial charge on any atom is -0.333 e. The Morgan fingerprint density at radius 1 is 1.31 bits per heavy atom. The maximum atomic E-state index is 5.94. The van der Waals surface area contributed by atoms with Gasteiger partial charge in [0.05, 0.1) is 17.9 Å². The van der Waals surface area contributed by atoms with E-state index < -0.39 is 0 Å². The first-order valence-electron chi connectivity index (χ1n) is 3.90. The van der Waals surface area contributed by atoms with E-state index in [2.05, 4.69) is 9.97 Å². The number of hydrogen-bond acceptors (Lipinski definition) is 2. The number of rotatable bonds is 2. The summed E-state index contributed by atoms with van der Waals surface area (Å²) in [4.78, 5) is 7.87. The lowest BCUT2D eigenvalue weighted by Gasteiger charge is -2.03. The zero-order valence-electron chi connectivity index (χ0n) is 6.89. The van der Waals surface area contributed by atoms with Crippen molar-refractivity contribution >= 4 is 11.6 Å². The molecule has 0 atom stereocenters. The summed E-state index contributed by atoms with van der Waals surface area (Å²) in [5, 5.41) is 0.691. The van der Waals surface area contributed by atoms with Gasteiger partial charge in [0, 0.05) is 24.8 Å². The molecule has 2 aromatic heterocycles. The van der Waals surface area contributed by atoms with Gasteiger partial charge in [-0.25, -0.2) is 4.98 Å². The zero-order valence-corrected chi connectivity index (χ0v) is 7.65. The second-order valence-corrected chi connectivity index (χ2v) is 3.11. The molecular formula is C9H8ClN3. The SMILES string of the molecule is Clc1cnccc1Cn1ccnc1. The van der Waals surface area contributed by atoms with Crippen molar-refractivity contribution in [3.05, 3.63) is 47.8 Å². The molecule has 0 aromatic carbocycles. The fourth-order valence-corrected chi connectivity index (χ4v) is 1.29. The van der Waals surface area contributed by atoms with Crippen molar-refractivity contribution in [1.29, 1.82) is 0 Å². The Bertz CT molecular complexity index is 384. The molecule has 0 unspecified atom stereocenters. The number of halogens is 1. The quantitative estimate of drug-likeness (QED) is 0.730. The van der Waals surface area contributed by atoms with E-state index in [1.807, 2.05) is 16.8 Å². The maximum Gasteiger partial charge on any atom is 0.0949 e. The predicted octanol–water partition coefficient (Wildman–Crippen LogP) is 1.98. The van der Waals surface area contributed by atoms with Crippen LogP contribution >= 0.6 is 11.6 Å².